The molecule has 1 aliphatic carbocycles. The zero-order valence-electron chi connectivity index (χ0n) is 18.3. The van der Waals surface area contributed by atoms with Crippen molar-refractivity contribution in [2.75, 3.05) is 33.6 Å². The maximum atomic E-state index is 14.0. The molecular weight excluding hydrogens is 446 g/mol. The summed E-state index contributed by atoms with van der Waals surface area (Å²) in [5.74, 6) is 2.35. The lowest BCUT2D eigenvalue weighted by Crippen LogP contribution is -2.31. The molecule has 2 aliphatic rings. The van der Waals surface area contributed by atoms with Crippen LogP contribution in [0.5, 0.6) is 17.2 Å². The summed E-state index contributed by atoms with van der Waals surface area (Å²) in [7, 11) is 0.962. The number of aryl methyl sites for hydroxylation is 2. The number of nitrogens with zero attached hydrogens (tertiary/aromatic N) is 1. The minimum Gasteiger partial charge on any atom is -0.496 e. The van der Waals surface area contributed by atoms with E-state index in [0.29, 0.717) is 34.4 Å². The highest BCUT2D eigenvalue weighted by atomic mass is 32.2. The number of hydrogen-bond donors (Lipinski definition) is 0. The summed E-state index contributed by atoms with van der Waals surface area (Å²) in [5.41, 5.74) is 3.20. The number of rotatable bonds is 6. The molecule has 0 bridgehead atoms. The fourth-order valence-corrected chi connectivity index (χ4v) is 8.20. The largest absolute Gasteiger partial charge is 0.496 e. The van der Waals surface area contributed by atoms with E-state index in [-0.39, 0.29) is 0 Å². The van der Waals surface area contributed by atoms with Crippen LogP contribution in [-0.4, -0.2) is 46.4 Å². The molecule has 0 saturated carbocycles. The quantitative estimate of drug-likeness (QED) is 0.531. The zero-order valence-corrected chi connectivity index (χ0v) is 19.9. The second-order valence-electron chi connectivity index (χ2n) is 7.85. The summed E-state index contributed by atoms with van der Waals surface area (Å²) in [4.78, 5) is 0.368. The lowest BCUT2D eigenvalue weighted by molar-refractivity contribution is 0.344. The van der Waals surface area contributed by atoms with Crippen LogP contribution in [0.3, 0.4) is 0 Å². The van der Waals surface area contributed by atoms with Crippen LogP contribution in [-0.2, 0) is 22.9 Å². The van der Waals surface area contributed by atoms with Gasteiger partial charge in [0.05, 0.1) is 31.6 Å². The van der Waals surface area contributed by atoms with E-state index in [2.05, 4.69) is 6.07 Å². The van der Waals surface area contributed by atoms with Gasteiger partial charge in [-0.25, -0.2) is 8.42 Å². The number of ether oxygens (including phenoxy) is 3. The third-order valence-electron chi connectivity index (χ3n) is 6.27. The number of benzene rings is 3. The first-order chi connectivity index (χ1) is 15.5. The summed E-state index contributed by atoms with van der Waals surface area (Å²) in [6.45, 7) is 0.429. The van der Waals surface area contributed by atoms with Gasteiger partial charge in [-0.3, -0.25) is 0 Å². The maximum Gasteiger partial charge on any atom is 0.245 e. The normalized spacial score (nSPS) is 18.3. The molecule has 0 spiro atoms. The molecule has 6 nitrogen and oxygen atoms in total. The molecule has 1 aliphatic heterocycles. The van der Waals surface area contributed by atoms with E-state index in [1.165, 1.54) is 11.1 Å². The summed E-state index contributed by atoms with van der Waals surface area (Å²) in [5, 5.41) is 1.49. The summed E-state index contributed by atoms with van der Waals surface area (Å²) < 4.78 is 46.0. The Morgan fingerprint density at radius 2 is 1.59 bits per heavy atom. The van der Waals surface area contributed by atoms with E-state index in [1.807, 2.05) is 24.3 Å². The van der Waals surface area contributed by atoms with Crippen molar-refractivity contribution in [1.29, 1.82) is 0 Å². The predicted molar refractivity (Wildman–Crippen MR) is 127 cm³/mol. The van der Waals surface area contributed by atoms with Crippen LogP contribution in [0.1, 0.15) is 22.1 Å². The number of thioether (sulfide) groups is 1. The minimum atomic E-state index is -3.74. The number of hydrogen-bond acceptors (Lipinski definition) is 6. The topological polar surface area (TPSA) is 65.1 Å². The van der Waals surface area contributed by atoms with Gasteiger partial charge < -0.3 is 14.2 Å². The molecular formula is C24H25NO5S2. The molecule has 3 aromatic carbocycles. The first-order valence-electron chi connectivity index (χ1n) is 10.5. The van der Waals surface area contributed by atoms with Crippen LogP contribution >= 0.6 is 11.8 Å². The molecule has 32 heavy (non-hydrogen) atoms. The van der Waals surface area contributed by atoms with Gasteiger partial charge in [-0.1, -0.05) is 24.3 Å². The van der Waals surface area contributed by atoms with E-state index in [1.54, 1.807) is 49.5 Å². The second kappa shape index (κ2) is 8.17. The number of methoxy groups -OCH3 is 3. The van der Waals surface area contributed by atoms with E-state index < -0.39 is 15.4 Å². The van der Waals surface area contributed by atoms with Crippen molar-refractivity contribution in [3.05, 3.63) is 59.2 Å². The molecule has 0 amide bonds. The molecule has 3 aromatic rings. The first-order valence-corrected chi connectivity index (χ1v) is 12.9. The SMILES string of the molecule is COc1cc(OC)c(C2SCCN2S(=O)(=O)c2ccc3c4c(cccc24)CC3)cc1OC. The fourth-order valence-electron chi connectivity index (χ4n) is 4.76. The van der Waals surface area contributed by atoms with E-state index in [9.17, 15) is 8.42 Å². The van der Waals surface area contributed by atoms with Crippen LogP contribution in [0.4, 0.5) is 0 Å². The molecule has 8 heteroatoms. The third kappa shape index (κ3) is 3.24. The van der Waals surface area contributed by atoms with Crippen LogP contribution in [0.2, 0.25) is 0 Å². The average molecular weight is 472 g/mol. The second-order valence-corrected chi connectivity index (χ2v) is 10.9. The molecule has 1 atom stereocenters. The average Bonchev–Trinajstić information content (AvgIpc) is 3.47. The van der Waals surface area contributed by atoms with E-state index in [0.717, 1.165) is 29.2 Å². The fraction of sp³-hybridized carbons (Fsp3) is 0.333. The van der Waals surface area contributed by atoms with E-state index >= 15 is 0 Å². The molecule has 5 rings (SSSR count). The Labute approximate surface area is 192 Å². The van der Waals surface area contributed by atoms with Crippen LogP contribution in [0.15, 0.2) is 47.4 Å². The summed E-state index contributed by atoms with van der Waals surface area (Å²) >= 11 is 1.58. The highest BCUT2D eigenvalue weighted by Gasteiger charge is 2.40. The Kier molecular flexibility index (Phi) is 5.47. The van der Waals surface area contributed by atoms with Gasteiger partial charge >= 0.3 is 0 Å². The van der Waals surface area contributed by atoms with Crippen molar-refractivity contribution in [3.63, 3.8) is 0 Å². The maximum absolute atomic E-state index is 14.0. The van der Waals surface area contributed by atoms with Crippen molar-refractivity contribution in [3.8, 4) is 17.2 Å². The molecule has 1 unspecified atom stereocenters. The Balaban J connectivity index is 1.63. The van der Waals surface area contributed by atoms with E-state index in [4.69, 9.17) is 14.2 Å². The Morgan fingerprint density at radius 1 is 0.906 bits per heavy atom. The molecule has 1 fully saturated rings. The van der Waals surface area contributed by atoms with Gasteiger partial charge in [0.15, 0.2) is 11.5 Å². The van der Waals surface area contributed by atoms with Crippen molar-refractivity contribution in [2.24, 2.45) is 0 Å². The Bertz CT molecular complexity index is 1300. The Morgan fingerprint density at radius 3 is 2.31 bits per heavy atom. The lowest BCUT2D eigenvalue weighted by Gasteiger charge is -2.26. The first kappa shape index (κ1) is 21.4. The van der Waals surface area contributed by atoms with Crippen molar-refractivity contribution >= 4 is 32.6 Å². The number of sulfonamides is 1. The highest BCUT2D eigenvalue weighted by molar-refractivity contribution is 8.01. The van der Waals surface area contributed by atoms with Crippen molar-refractivity contribution < 1.29 is 22.6 Å². The van der Waals surface area contributed by atoms with Crippen LogP contribution < -0.4 is 14.2 Å². The van der Waals surface area contributed by atoms with Crippen molar-refractivity contribution in [1.82, 2.24) is 4.31 Å². The van der Waals surface area contributed by atoms with Gasteiger partial charge in [-0.05, 0) is 41.5 Å². The predicted octanol–water partition coefficient (Wildman–Crippen LogP) is 4.40. The molecule has 0 N–H and O–H groups in total. The van der Waals surface area contributed by atoms with Crippen LogP contribution in [0, 0.1) is 0 Å². The van der Waals surface area contributed by atoms with Gasteiger partial charge in [0.25, 0.3) is 0 Å². The summed E-state index contributed by atoms with van der Waals surface area (Å²) in [6.07, 6.45) is 1.92. The lowest BCUT2D eigenvalue weighted by atomic mass is 10.1. The summed E-state index contributed by atoms with van der Waals surface area (Å²) in [6, 6.07) is 13.3. The van der Waals surface area contributed by atoms with Gasteiger partial charge in [-0.2, -0.15) is 4.31 Å². The van der Waals surface area contributed by atoms with Crippen LogP contribution in [0.25, 0.3) is 10.8 Å². The zero-order chi connectivity index (χ0) is 22.5. The minimum absolute atomic E-state index is 0.368. The molecule has 1 saturated heterocycles. The third-order valence-corrected chi connectivity index (χ3v) is 9.57. The monoisotopic (exact) mass is 471 g/mol. The Hall–Kier alpha value is -2.42. The molecule has 1 heterocycles. The van der Waals surface area contributed by atoms with Gasteiger partial charge in [0, 0.05) is 29.3 Å². The standard InChI is InChI=1S/C24H25NO5S2/c1-28-19-14-21(30-3)20(29-2)13-18(19)24-25(11-12-31-24)32(26,27)22-10-9-16-8-7-15-5-4-6-17(22)23(15)16/h4-6,9-10,13-14,24H,7-8,11-12H2,1-3H3. The van der Waals surface area contributed by atoms with Crippen molar-refractivity contribution in [2.45, 2.75) is 23.1 Å². The van der Waals surface area contributed by atoms with Gasteiger partial charge in [0.2, 0.25) is 10.0 Å². The molecule has 168 valence electrons. The van der Waals surface area contributed by atoms with Gasteiger partial charge in [0.1, 0.15) is 5.75 Å². The smallest absolute Gasteiger partial charge is 0.245 e. The highest BCUT2D eigenvalue weighted by Crippen LogP contribution is 2.48. The molecule has 0 aromatic heterocycles. The molecule has 0 radical (unpaired) electrons. The van der Waals surface area contributed by atoms with Gasteiger partial charge in [-0.15, -0.1) is 11.8 Å².